The summed E-state index contributed by atoms with van der Waals surface area (Å²) in [5, 5.41) is 3.74. The molecule has 0 aliphatic rings. The van der Waals surface area contributed by atoms with E-state index in [1.165, 1.54) is 6.39 Å². The summed E-state index contributed by atoms with van der Waals surface area (Å²) in [6, 6.07) is 7.85. The minimum Gasteiger partial charge on any atom is -0.496 e. The Morgan fingerprint density at radius 1 is 1.40 bits per heavy atom. The van der Waals surface area contributed by atoms with Crippen molar-refractivity contribution in [2.75, 3.05) is 7.11 Å². The van der Waals surface area contributed by atoms with Crippen molar-refractivity contribution in [3.8, 4) is 5.75 Å². The van der Waals surface area contributed by atoms with E-state index in [-0.39, 0.29) is 0 Å². The van der Waals surface area contributed by atoms with E-state index in [1.54, 1.807) is 18.9 Å². The lowest BCUT2D eigenvalue weighted by Crippen LogP contribution is -1.87. The molecule has 0 bridgehead atoms. The van der Waals surface area contributed by atoms with E-state index >= 15 is 0 Å². The highest BCUT2D eigenvalue weighted by molar-refractivity contribution is 7.98. The van der Waals surface area contributed by atoms with Crippen LogP contribution in [0, 0.1) is 0 Å². The van der Waals surface area contributed by atoms with Crippen LogP contribution in [0.15, 0.2) is 40.1 Å². The molecular weight excluding hydrogens is 212 g/mol. The Labute approximate surface area is 91.6 Å². The Morgan fingerprint density at radius 3 is 3.00 bits per heavy atom. The summed E-state index contributed by atoms with van der Waals surface area (Å²) in [4.78, 5) is 5.02. The summed E-state index contributed by atoms with van der Waals surface area (Å²) < 4.78 is 9.88. The molecule has 0 amide bonds. The Bertz CT molecular complexity index is 417. The van der Waals surface area contributed by atoms with E-state index in [0.717, 1.165) is 10.6 Å². The molecule has 1 aromatic carbocycles. The third-order valence-electron chi connectivity index (χ3n) is 1.83. The van der Waals surface area contributed by atoms with Crippen molar-refractivity contribution in [1.29, 1.82) is 0 Å². The van der Waals surface area contributed by atoms with Gasteiger partial charge in [0.1, 0.15) is 5.75 Å². The molecule has 15 heavy (non-hydrogen) atoms. The summed E-state index contributed by atoms with van der Waals surface area (Å²) in [5.41, 5.74) is 0. The molecule has 0 atom stereocenters. The highest BCUT2D eigenvalue weighted by atomic mass is 32.2. The standard InChI is InChI=1S/C10H10N2O2S/c1-13-8-4-2-3-5-9(8)15-6-10-11-7-14-12-10/h2-5,7H,6H2,1H3. The highest BCUT2D eigenvalue weighted by Gasteiger charge is 2.04. The molecule has 2 rings (SSSR count). The SMILES string of the molecule is COc1ccccc1SCc1ncon1. The number of benzene rings is 1. The average molecular weight is 222 g/mol. The smallest absolute Gasteiger partial charge is 0.213 e. The molecular formula is C10H10N2O2S. The van der Waals surface area contributed by atoms with Gasteiger partial charge in [-0.05, 0) is 12.1 Å². The number of hydrogen-bond acceptors (Lipinski definition) is 5. The molecule has 0 spiro atoms. The van der Waals surface area contributed by atoms with Crippen LogP contribution in [0.4, 0.5) is 0 Å². The number of aromatic nitrogens is 2. The predicted molar refractivity (Wildman–Crippen MR) is 56.9 cm³/mol. The van der Waals surface area contributed by atoms with Crippen LogP contribution in [0.25, 0.3) is 0 Å². The second-order valence-electron chi connectivity index (χ2n) is 2.79. The van der Waals surface area contributed by atoms with E-state index in [2.05, 4.69) is 14.7 Å². The molecule has 0 saturated heterocycles. The number of ether oxygens (including phenoxy) is 1. The Morgan fingerprint density at radius 2 is 2.27 bits per heavy atom. The number of thioether (sulfide) groups is 1. The summed E-state index contributed by atoms with van der Waals surface area (Å²) in [7, 11) is 1.66. The predicted octanol–water partition coefficient (Wildman–Crippen LogP) is 2.37. The lowest BCUT2D eigenvalue weighted by atomic mass is 10.3. The van der Waals surface area contributed by atoms with Gasteiger partial charge in [-0.3, -0.25) is 0 Å². The van der Waals surface area contributed by atoms with Crippen LogP contribution in [-0.2, 0) is 5.75 Å². The highest BCUT2D eigenvalue weighted by Crippen LogP contribution is 2.30. The van der Waals surface area contributed by atoms with Gasteiger partial charge in [0.15, 0.2) is 5.82 Å². The maximum atomic E-state index is 5.23. The van der Waals surface area contributed by atoms with Gasteiger partial charge in [-0.2, -0.15) is 4.98 Å². The van der Waals surface area contributed by atoms with Crippen LogP contribution in [0.1, 0.15) is 5.82 Å². The maximum Gasteiger partial charge on any atom is 0.213 e. The van der Waals surface area contributed by atoms with Gasteiger partial charge >= 0.3 is 0 Å². The molecule has 0 fully saturated rings. The zero-order chi connectivity index (χ0) is 10.5. The van der Waals surface area contributed by atoms with Crippen molar-refractivity contribution < 1.29 is 9.26 Å². The fourth-order valence-corrected chi connectivity index (χ4v) is 2.02. The van der Waals surface area contributed by atoms with Gasteiger partial charge in [0.25, 0.3) is 0 Å². The maximum absolute atomic E-state index is 5.23. The van der Waals surface area contributed by atoms with Gasteiger partial charge in [-0.25, -0.2) is 0 Å². The zero-order valence-electron chi connectivity index (χ0n) is 8.21. The molecule has 4 nitrogen and oxygen atoms in total. The van der Waals surface area contributed by atoms with Crippen LogP contribution >= 0.6 is 11.8 Å². The molecule has 5 heteroatoms. The third kappa shape index (κ3) is 2.50. The monoisotopic (exact) mass is 222 g/mol. The summed E-state index contributed by atoms with van der Waals surface area (Å²) in [6.07, 6.45) is 1.33. The molecule has 0 aliphatic carbocycles. The first-order valence-electron chi connectivity index (χ1n) is 4.41. The fourth-order valence-electron chi connectivity index (χ4n) is 1.14. The number of rotatable bonds is 4. The minimum atomic E-state index is 0.677. The summed E-state index contributed by atoms with van der Waals surface area (Å²) >= 11 is 1.62. The van der Waals surface area contributed by atoms with Gasteiger partial charge in [-0.15, -0.1) is 11.8 Å². The van der Waals surface area contributed by atoms with Crippen LogP contribution in [0.2, 0.25) is 0 Å². The average Bonchev–Trinajstić information content (AvgIpc) is 2.79. The van der Waals surface area contributed by atoms with Crippen molar-refractivity contribution in [3.05, 3.63) is 36.5 Å². The van der Waals surface area contributed by atoms with Gasteiger partial charge in [0, 0.05) is 4.90 Å². The Kier molecular flexibility index (Phi) is 3.24. The van der Waals surface area contributed by atoms with Crippen molar-refractivity contribution >= 4 is 11.8 Å². The molecule has 2 aromatic rings. The fraction of sp³-hybridized carbons (Fsp3) is 0.200. The number of methoxy groups -OCH3 is 1. The largest absolute Gasteiger partial charge is 0.496 e. The molecule has 0 aliphatic heterocycles. The first-order valence-corrected chi connectivity index (χ1v) is 5.40. The van der Waals surface area contributed by atoms with Gasteiger partial charge in [-0.1, -0.05) is 17.3 Å². The molecule has 78 valence electrons. The van der Waals surface area contributed by atoms with Gasteiger partial charge < -0.3 is 9.26 Å². The lowest BCUT2D eigenvalue weighted by molar-refractivity contribution is 0.404. The molecule has 1 heterocycles. The van der Waals surface area contributed by atoms with Crippen LogP contribution < -0.4 is 4.74 Å². The van der Waals surface area contributed by atoms with Crippen LogP contribution in [0.5, 0.6) is 5.75 Å². The van der Waals surface area contributed by atoms with E-state index in [9.17, 15) is 0 Å². The Balaban J connectivity index is 2.04. The summed E-state index contributed by atoms with van der Waals surface area (Å²) in [6.45, 7) is 0. The van der Waals surface area contributed by atoms with Crippen molar-refractivity contribution in [3.63, 3.8) is 0 Å². The molecule has 0 N–H and O–H groups in total. The Hall–Kier alpha value is -1.49. The van der Waals surface area contributed by atoms with Crippen molar-refractivity contribution in [1.82, 2.24) is 10.1 Å². The van der Waals surface area contributed by atoms with E-state index in [1.807, 2.05) is 24.3 Å². The van der Waals surface area contributed by atoms with Gasteiger partial charge in [0.05, 0.1) is 12.9 Å². The number of hydrogen-bond donors (Lipinski definition) is 0. The second-order valence-corrected chi connectivity index (χ2v) is 3.80. The first-order chi connectivity index (χ1) is 7.40. The quantitative estimate of drug-likeness (QED) is 0.743. The topological polar surface area (TPSA) is 48.2 Å². The van der Waals surface area contributed by atoms with E-state index in [4.69, 9.17) is 4.74 Å². The second kappa shape index (κ2) is 4.84. The van der Waals surface area contributed by atoms with Crippen molar-refractivity contribution in [2.45, 2.75) is 10.6 Å². The minimum absolute atomic E-state index is 0.677. The molecule has 0 unspecified atom stereocenters. The number of para-hydroxylation sites is 1. The van der Waals surface area contributed by atoms with Crippen molar-refractivity contribution in [2.24, 2.45) is 0 Å². The molecule has 1 aromatic heterocycles. The van der Waals surface area contributed by atoms with E-state index in [0.29, 0.717) is 11.6 Å². The van der Waals surface area contributed by atoms with Crippen LogP contribution in [-0.4, -0.2) is 17.3 Å². The molecule has 0 saturated carbocycles. The van der Waals surface area contributed by atoms with E-state index < -0.39 is 0 Å². The third-order valence-corrected chi connectivity index (χ3v) is 2.88. The summed E-state index contributed by atoms with van der Waals surface area (Å²) in [5.74, 6) is 2.23. The zero-order valence-corrected chi connectivity index (χ0v) is 9.03. The van der Waals surface area contributed by atoms with Crippen LogP contribution in [0.3, 0.4) is 0 Å². The van der Waals surface area contributed by atoms with Gasteiger partial charge in [0.2, 0.25) is 6.39 Å². The normalized spacial score (nSPS) is 10.2. The molecule has 0 radical (unpaired) electrons. The lowest BCUT2D eigenvalue weighted by Gasteiger charge is -2.05. The number of nitrogens with zero attached hydrogens (tertiary/aromatic N) is 2. The first kappa shape index (κ1) is 10.0.